The number of likely N-dealkylation sites (N-methyl/N-ethyl adjacent to an activating group) is 1. The Hall–Kier alpha value is -0.300. The summed E-state index contributed by atoms with van der Waals surface area (Å²) in [6.07, 6.45) is 2.82. The van der Waals surface area contributed by atoms with Crippen LogP contribution >= 0.6 is 11.8 Å². The molecule has 0 bridgehead atoms. The van der Waals surface area contributed by atoms with Crippen LogP contribution < -0.4 is 5.73 Å². The molecule has 1 fully saturated rings. The summed E-state index contributed by atoms with van der Waals surface area (Å²) in [7, 11) is 4.18. The molecule has 112 valence electrons. The van der Waals surface area contributed by atoms with E-state index in [9.17, 15) is 4.79 Å². The van der Waals surface area contributed by atoms with Gasteiger partial charge >= 0.3 is 0 Å². The van der Waals surface area contributed by atoms with Gasteiger partial charge in [-0.05, 0) is 32.5 Å². The standard InChI is InChI=1S/C13H28N4OS/c1-15(2)5-6-16-7-9-17(10-8-16)13(18)12(14)4-11-19-3/h12H,4-11,14H2,1-3H3/t12-/m0/s1. The molecule has 5 nitrogen and oxygen atoms in total. The molecule has 1 saturated heterocycles. The van der Waals surface area contributed by atoms with Crippen molar-refractivity contribution in [1.82, 2.24) is 14.7 Å². The van der Waals surface area contributed by atoms with E-state index in [1.807, 2.05) is 11.2 Å². The molecule has 0 spiro atoms. The largest absolute Gasteiger partial charge is 0.339 e. The van der Waals surface area contributed by atoms with Crippen LogP contribution in [0.25, 0.3) is 0 Å². The predicted molar refractivity (Wildman–Crippen MR) is 82.5 cm³/mol. The number of hydrogen-bond acceptors (Lipinski definition) is 5. The van der Waals surface area contributed by atoms with E-state index in [1.54, 1.807) is 11.8 Å². The number of carbonyl (C=O) groups is 1. The molecular formula is C13H28N4OS. The molecule has 6 heteroatoms. The molecule has 0 aliphatic carbocycles. The molecule has 1 heterocycles. The fourth-order valence-corrected chi connectivity index (χ4v) is 2.63. The summed E-state index contributed by atoms with van der Waals surface area (Å²) in [5.74, 6) is 1.08. The van der Waals surface area contributed by atoms with Gasteiger partial charge in [0.1, 0.15) is 0 Å². The number of rotatable bonds is 7. The van der Waals surface area contributed by atoms with Gasteiger partial charge in [0.15, 0.2) is 0 Å². The van der Waals surface area contributed by atoms with Gasteiger partial charge in [0.05, 0.1) is 6.04 Å². The molecule has 0 saturated carbocycles. The van der Waals surface area contributed by atoms with Crippen molar-refractivity contribution in [3.05, 3.63) is 0 Å². The lowest BCUT2D eigenvalue weighted by molar-refractivity contribution is -0.134. The van der Waals surface area contributed by atoms with Crippen LogP contribution in [0.3, 0.4) is 0 Å². The monoisotopic (exact) mass is 288 g/mol. The summed E-state index contributed by atoms with van der Waals surface area (Å²) in [5.41, 5.74) is 5.94. The molecule has 1 atom stereocenters. The molecule has 0 aromatic carbocycles. The summed E-state index contributed by atoms with van der Waals surface area (Å²) in [6, 6.07) is -0.319. The first-order chi connectivity index (χ1) is 9.04. The molecular weight excluding hydrogens is 260 g/mol. The molecule has 1 aliphatic rings. The summed E-state index contributed by atoms with van der Waals surface area (Å²) >= 11 is 1.74. The van der Waals surface area contributed by atoms with Crippen molar-refractivity contribution in [1.29, 1.82) is 0 Å². The number of hydrogen-bond donors (Lipinski definition) is 1. The summed E-state index contributed by atoms with van der Waals surface area (Å²) < 4.78 is 0. The summed E-state index contributed by atoms with van der Waals surface area (Å²) in [5, 5.41) is 0. The van der Waals surface area contributed by atoms with Crippen LogP contribution in [0.2, 0.25) is 0 Å². The third-order valence-electron chi connectivity index (χ3n) is 3.50. The highest BCUT2D eigenvalue weighted by molar-refractivity contribution is 7.98. The molecule has 0 aromatic heterocycles. The van der Waals surface area contributed by atoms with Crippen molar-refractivity contribution in [2.45, 2.75) is 12.5 Å². The molecule has 0 unspecified atom stereocenters. The van der Waals surface area contributed by atoms with Gasteiger partial charge in [0.2, 0.25) is 5.91 Å². The molecule has 1 amide bonds. The molecule has 0 aromatic rings. The first kappa shape index (κ1) is 16.8. The fourth-order valence-electron chi connectivity index (χ4n) is 2.14. The first-order valence-electron chi connectivity index (χ1n) is 6.95. The topological polar surface area (TPSA) is 52.8 Å². The van der Waals surface area contributed by atoms with Crippen LogP contribution in [-0.4, -0.2) is 92.0 Å². The average Bonchev–Trinajstić information content (AvgIpc) is 2.42. The maximum atomic E-state index is 12.1. The van der Waals surface area contributed by atoms with Gasteiger partial charge in [-0.2, -0.15) is 11.8 Å². The Kier molecular flexibility index (Phi) is 7.75. The second kappa shape index (κ2) is 8.79. The third kappa shape index (κ3) is 6.12. The van der Waals surface area contributed by atoms with E-state index in [4.69, 9.17) is 5.73 Å². The fraction of sp³-hybridized carbons (Fsp3) is 0.923. The lowest BCUT2D eigenvalue weighted by Gasteiger charge is -2.36. The van der Waals surface area contributed by atoms with Gasteiger partial charge in [-0.25, -0.2) is 0 Å². The normalized spacial score (nSPS) is 18.9. The molecule has 1 rings (SSSR count). The highest BCUT2D eigenvalue weighted by Gasteiger charge is 2.24. The minimum absolute atomic E-state index is 0.126. The summed E-state index contributed by atoms with van der Waals surface area (Å²) in [6.45, 7) is 5.72. The van der Waals surface area contributed by atoms with E-state index >= 15 is 0 Å². The molecule has 1 aliphatic heterocycles. The van der Waals surface area contributed by atoms with Gasteiger partial charge in [0, 0.05) is 39.3 Å². The minimum atomic E-state index is -0.319. The minimum Gasteiger partial charge on any atom is -0.339 e. The predicted octanol–water partition coefficient (Wildman–Crippen LogP) is -0.227. The third-order valence-corrected chi connectivity index (χ3v) is 4.14. The Balaban J connectivity index is 2.26. The molecule has 2 N–H and O–H groups in total. The lowest BCUT2D eigenvalue weighted by Crippen LogP contribution is -2.53. The van der Waals surface area contributed by atoms with Crippen LogP contribution in [0, 0.1) is 0 Å². The van der Waals surface area contributed by atoms with E-state index in [2.05, 4.69) is 23.9 Å². The van der Waals surface area contributed by atoms with Crippen LogP contribution in [-0.2, 0) is 4.79 Å². The van der Waals surface area contributed by atoms with Crippen molar-refractivity contribution in [2.75, 3.05) is 65.4 Å². The van der Waals surface area contributed by atoms with Crippen molar-refractivity contribution in [3.8, 4) is 0 Å². The maximum absolute atomic E-state index is 12.1. The van der Waals surface area contributed by atoms with Crippen LogP contribution in [0.4, 0.5) is 0 Å². The van der Waals surface area contributed by atoms with E-state index in [-0.39, 0.29) is 11.9 Å². The Morgan fingerprint density at radius 1 is 1.32 bits per heavy atom. The first-order valence-corrected chi connectivity index (χ1v) is 8.34. The quantitative estimate of drug-likeness (QED) is 0.701. The zero-order valence-electron chi connectivity index (χ0n) is 12.5. The van der Waals surface area contributed by atoms with E-state index < -0.39 is 0 Å². The Morgan fingerprint density at radius 3 is 2.47 bits per heavy atom. The number of amides is 1. The number of thioether (sulfide) groups is 1. The second-order valence-corrected chi connectivity index (χ2v) is 6.34. The van der Waals surface area contributed by atoms with Crippen molar-refractivity contribution in [3.63, 3.8) is 0 Å². The van der Waals surface area contributed by atoms with Crippen molar-refractivity contribution in [2.24, 2.45) is 5.73 Å². The zero-order valence-corrected chi connectivity index (χ0v) is 13.3. The highest BCUT2D eigenvalue weighted by Crippen LogP contribution is 2.06. The van der Waals surface area contributed by atoms with Gasteiger partial charge in [-0.15, -0.1) is 0 Å². The van der Waals surface area contributed by atoms with Gasteiger partial charge < -0.3 is 15.5 Å². The zero-order chi connectivity index (χ0) is 14.3. The van der Waals surface area contributed by atoms with Crippen molar-refractivity contribution >= 4 is 17.7 Å². The second-order valence-electron chi connectivity index (χ2n) is 5.36. The molecule has 0 radical (unpaired) electrons. The Bertz CT molecular complexity index is 267. The Labute approximate surface area is 121 Å². The van der Waals surface area contributed by atoms with Gasteiger partial charge in [-0.1, -0.05) is 0 Å². The molecule has 19 heavy (non-hydrogen) atoms. The van der Waals surface area contributed by atoms with Crippen molar-refractivity contribution < 1.29 is 4.79 Å². The SMILES string of the molecule is CSCC[C@H](N)C(=O)N1CCN(CCN(C)C)CC1. The van der Waals surface area contributed by atoms with E-state index in [0.29, 0.717) is 0 Å². The van der Waals surface area contributed by atoms with E-state index in [0.717, 1.165) is 51.4 Å². The lowest BCUT2D eigenvalue weighted by atomic mass is 10.2. The van der Waals surface area contributed by atoms with Gasteiger partial charge in [0.25, 0.3) is 0 Å². The number of nitrogens with two attached hydrogens (primary N) is 1. The summed E-state index contributed by atoms with van der Waals surface area (Å²) in [4.78, 5) is 18.7. The van der Waals surface area contributed by atoms with Crippen LogP contribution in [0.5, 0.6) is 0 Å². The number of piperazine rings is 1. The van der Waals surface area contributed by atoms with Gasteiger partial charge in [-0.3, -0.25) is 9.69 Å². The maximum Gasteiger partial charge on any atom is 0.239 e. The number of nitrogens with zero attached hydrogens (tertiary/aromatic N) is 3. The highest BCUT2D eigenvalue weighted by atomic mass is 32.2. The van der Waals surface area contributed by atoms with Crippen LogP contribution in [0.1, 0.15) is 6.42 Å². The number of carbonyl (C=O) groups excluding carboxylic acids is 1. The van der Waals surface area contributed by atoms with E-state index in [1.165, 1.54) is 0 Å². The Morgan fingerprint density at radius 2 is 1.95 bits per heavy atom. The average molecular weight is 288 g/mol. The van der Waals surface area contributed by atoms with Crippen LogP contribution in [0.15, 0.2) is 0 Å². The smallest absolute Gasteiger partial charge is 0.239 e.